The molecule has 0 saturated carbocycles. The topological polar surface area (TPSA) is 61.7 Å². The van der Waals surface area contributed by atoms with E-state index >= 15 is 0 Å². The summed E-state index contributed by atoms with van der Waals surface area (Å²) in [4.78, 5) is 3.98. The SMILES string of the molecule is CCc1cc(Cn2ccnc2N)n(C)n1. The molecule has 2 rings (SSSR count). The van der Waals surface area contributed by atoms with Crippen LogP contribution in [0.15, 0.2) is 18.5 Å². The first kappa shape index (κ1) is 9.76. The molecule has 0 aliphatic carbocycles. The number of rotatable bonds is 3. The van der Waals surface area contributed by atoms with Crippen LogP contribution in [-0.2, 0) is 20.0 Å². The van der Waals surface area contributed by atoms with Crippen molar-refractivity contribution in [2.45, 2.75) is 19.9 Å². The van der Waals surface area contributed by atoms with Crippen LogP contribution in [0, 0.1) is 0 Å². The van der Waals surface area contributed by atoms with Crippen LogP contribution >= 0.6 is 0 Å². The Kier molecular flexibility index (Phi) is 2.45. The molecule has 15 heavy (non-hydrogen) atoms. The van der Waals surface area contributed by atoms with E-state index in [1.165, 1.54) is 0 Å². The van der Waals surface area contributed by atoms with Gasteiger partial charge in [-0.15, -0.1) is 0 Å². The second-order valence-electron chi connectivity index (χ2n) is 3.52. The largest absolute Gasteiger partial charge is 0.369 e. The molecule has 5 nitrogen and oxygen atoms in total. The zero-order valence-electron chi connectivity index (χ0n) is 9.01. The maximum atomic E-state index is 5.70. The fourth-order valence-electron chi connectivity index (χ4n) is 1.54. The minimum Gasteiger partial charge on any atom is -0.369 e. The standard InChI is InChI=1S/C10H15N5/c1-3-8-6-9(14(2)13-8)7-15-5-4-12-10(15)11/h4-6H,3,7H2,1-2H3,(H2,11,12). The molecule has 2 aromatic rings. The molecule has 2 aromatic heterocycles. The van der Waals surface area contributed by atoms with E-state index in [-0.39, 0.29) is 0 Å². The average molecular weight is 205 g/mol. The van der Waals surface area contributed by atoms with Crippen molar-refractivity contribution in [1.82, 2.24) is 19.3 Å². The van der Waals surface area contributed by atoms with Gasteiger partial charge in [-0.05, 0) is 12.5 Å². The molecule has 0 aliphatic heterocycles. The first-order chi connectivity index (χ1) is 7.20. The van der Waals surface area contributed by atoms with E-state index in [2.05, 4.69) is 23.1 Å². The summed E-state index contributed by atoms with van der Waals surface area (Å²) in [7, 11) is 1.95. The molecule has 0 aromatic carbocycles. The predicted molar refractivity (Wildman–Crippen MR) is 58.3 cm³/mol. The number of nitrogens with two attached hydrogens (primary N) is 1. The quantitative estimate of drug-likeness (QED) is 0.806. The van der Waals surface area contributed by atoms with Gasteiger partial charge in [-0.1, -0.05) is 6.92 Å². The van der Waals surface area contributed by atoms with Crippen molar-refractivity contribution in [1.29, 1.82) is 0 Å². The molecule has 0 aliphatic rings. The third kappa shape index (κ3) is 1.86. The number of aryl methyl sites for hydroxylation is 2. The maximum Gasteiger partial charge on any atom is 0.200 e. The molecule has 2 N–H and O–H groups in total. The highest BCUT2D eigenvalue weighted by atomic mass is 15.3. The molecular formula is C10H15N5. The van der Waals surface area contributed by atoms with Crippen LogP contribution in [0.25, 0.3) is 0 Å². The third-order valence-electron chi connectivity index (χ3n) is 2.47. The number of aromatic nitrogens is 4. The van der Waals surface area contributed by atoms with Gasteiger partial charge in [0.05, 0.1) is 17.9 Å². The highest BCUT2D eigenvalue weighted by Crippen LogP contribution is 2.08. The lowest BCUT2D eigenvalue weighted by Crippen LogP contribution is -2.07. The highest BCUT2D eigenvalue weighted by molar-refractivity contribution is 5.20. The first-order valence-corrected chi connectivity index (χ1v) is 4.99. The zero-order chi connectivity index (χ0) is 10.8. The second-order valence-corrected chi connectivity index (χ2v) is 3.52. The minimum atomic E-state index is 0.536. The van der Waals surface area contributed by atoms with Crippen LogP contribution in [-0.4, -0.2) is 19.3 Å². The van der Waals surface area contributed by atoms with Gasteiger partial charge >= 0.3 is 0 Å². The number of nitrogens with zero attached hydrogens (tertiary/aromatic N) is 4. The summed E-state index contributed by atoms with van der Waals surface area (Å²) in [6.45, 7) is 2.81. The Hall–Kier alpha value is -1.78. The van der Waals surface area contributed by atoms with E-state index in [4.69, 9.17) is 5.73 Å². The van der Waals surface area contributed by atoms with E-state index < -0.39 is 0 Å². The van der Waals surface area contributed by atoms with E-state index in [1.807, 2.05) is 22.5 Å². The molecule has 2 heterocycles. The summed E-state index contributed by atoms with van der Waals surface area (Å²) in [6, 6.07) is 2.10. The zero-order valence-corrected chi connectivity index (χ0v) is 9.01. The molecule has 80 valence electrons. The number of hydrogen-bond acceptors (Lipinski definition) is 3. The number of anilines is 1. The second kappa shape index (κ2) is 3.76. The Morgan fingerprint density at radius 2 is 2.27 bits per heavy atom. The van der Waals surface area contributed by atoms with Crippen LogP contribution < -0.4 is 5.73 Å². The van der Waals surface area contributed by atoms with Crippen LogP contribution in [0.2, 0.25) is 0 Å². The Bertz CT molecular complexity index is 454. The lowest BCUT2D eigenvalue weighted by Gasteiger charge is -2.04. The molecule has 0 fully saturated rings. The average Bonchev–Trinajstić information content (AvgIpc) is 2.76. The molecule has 0 atom stereocenters. The Balaban J connectivity index is 2.24. The fourth-order valence-corrected chi connectivity index (χ4v) is 1.54. The van der Waals surface area contributed by atoms with Gasteiger partial charge < -0.3 is 10.3 Å². The Morgan fingerprint density at radius 3 is 2.80 bits per heavy atom. The van der Waals surface area contributed by atoms with Gasteiger partial charge in [0.15, 0.2) is 5.95 Å². The smallest absolute Gasteiger partial charge is 0.200 e. The summed E-state index contributed by atoms with van der Waals surface area (Å²) in [6.07, 6.45) is 4.52. The van der Waals surface area contributed by atoms with Crippen LogP contribution in [0.4, 0.5) is 5.95 Å². The van der Waals surface area contributed by atoms with Crippen LogP contribution in [0.1, 0.15) is 18.3 Å². The number of imidazole rings is 1. The van der Waals surface area contributed by atoms with Crippen LogP contribution in [0.5, 0.6) is 0 Å². The Labute approximate surface area is 88.5 Å². The van der Waals surface area contributed by atoms with Crippen molar-refractivity contribution in [2.75, 3.05) is 5.73 Å². The molecular weight excluding hydrogens is 190 g/mol. The van der Waals surface area contributed by atoms with Crippen molar-refractivity contribution in [3.8, 4) is 0 Å². The molecule has 0 spiro atoms. The molecule has 5 heteroatoms. The van der Waals surface area contributed by atoms with Crippen molar-refractivity contribution < 1.29 is 0 Å². The van der Waals surface area contributed by atoms with E-state index in [9.17, 15) is 0 Å². The predicted octanol–water partition coefficient (Wildman–Crippen LogP) is 0.809. The van der Waals surface area contributed by atoms with Crippen molar-refractivity contribution in [3.05, 3.63) is 29.8 Å². The minimum absolute atomic E-state index is 0.536. The van der Waals surface area contributed by atoms with Gasteiger partial charge in [0.2, 0.25) is 0 Å². The maximum absolute atomic E-state index is 5.70. The summed E-state index contributed by atoms with van der Waals surface area (Å²) in [5, 5.41) is 4.38. The lowest BCUT2D eigenvalue weighted by molar-refractivity contribution is 0.664. The fraction of sp³-hybridized carbons (Fsp3) is 0.400. The monoisotopic (exact) mass is 205 g/mol. The highest BCUT2D eigenvalue weighted by Gasteiger charge is 2.05. The van der Waals surface area contributed by atoms with E-state index in [0.717, 1.165) is 24.4 Å². The Morgan fingerprint density at radius 1 is 1.47 bits per heavy atom. The normalized spacial score (nSPS) is 10.8. The van der Waals surface area contributed by atoms with Crippen LogP contribution in [0.3, 0.4) is 0 Å². The molecule has 0 radical (unpaired) electrons. The van der Waals surface area contributed by atoms with Crippen molar-refractivity contribution in [3.63, 3.8) is 0 Å². The van der Waals surface area contributed by atoms with Crippen molar-refractivity contribution >= 4 is 5.95 Å². The summed E-state index contributed by atoms with van der Waals surface area (Å²) in [5.41, 5.74) is 7.94. The molecule has 0 unspecified atom stereocenters. The molecule has 0 bridgehead atoms. The third-order valence-corrected chi connectivity index (χ3v) is 2.47. The number of nitrogen functional groups attached to an aromatic ring is 1. The van der Waals surface area contributed by atoms with Gasteiger partial charge in [-0.2, -0.15) is 5.10 Å². The summed E-state index contributed by atoms with van der Waals surface area (Å²) < 4.78 is 3.79. The van der Waals surface area contributed by atoms with Gasteiger partial charge in [-0.25, -0.2) is 4.98 Å². The van der Waals surface area contributed by atoms with Crippen molar-refractivity contribution in [2.24, 2.45) is 7.05 Å². The summed E-state index contributed by atoms with van der Waals surface area (Å²) >= 11 is 0. The lowest BCUT2D eigenvalue weighted by atomic mass is 10.3. The van der Waals surface area contributed by atoms with Gasteiger partial charge in [0.1, 0.15) is 0 Å². The van der Waals surface area contributed by atoms with Gasteiger partial charge in [-0.3, -0.25) is 4.68 Å². The van der Waals surface area contributed by atoms with Gasteiger partial charge in [0.25, 0.3) is 0 Å². The first-order valence-electron chi connectivity index (χ1n) is 4.99. The van der Waals surface area contributed by atoms with Gasteiger partial charge in [0, 0.05) is 19.4 Å². The summed E-state index contributed by atoms with van der Waals surface area (Å²) in [5.74, 6) is 0.536. The molecule has 0 amide bonds. The van der Waals surface area contributed by atoms with E-state index in [1.54, 1.807) is 6.20 Å². The molecule has 0 saturated heterocycles. The van der Waals surface area contributed by atoms with E-state index in [0.29, 0.717) is 5.95 Å². The number of hydrogen-bond donors (Lipinski definition) is 1.